The van der Waals surface area contributed by atoms with Crippen molar-refractivity contribution in [3.05, 3.63) is 33.6 Å². The van der Waals surface area contributed by atoms with E-state index in [4.69, 9.17) is 0 Å². The molecule has 0 saturated heterocycles. The fraction of sp³-hybridized carbons (Fsp3) is 0.462. The molecule has 0 aliphatic carbocycles. The summed E-state index contributed by atoms with van der Waals surface area (Å²) >= 11 is 2.81. The molecule has 2 heterocycles. The zero-order valence-corrected chi connectivity index (χ0v) is 14.4. The zero-order valence-electron chi connectivity index (χ0n) is 12.0. The molecule has 116 valence electrons. The third kappa shape index (κ3) is 5.15. The molecule has 0 spiro atoms. The summed E-state index contributed by atoms with van der Waals surface area (Å²) in [6, 6.07) is 3.89. The Morgan fingerprint density at radius 2 is 2.14 bits per heavy atom. The lowest BCUT2D eigenvalue weighted by atomic mass is 10.3. The van der Waals surface area contributed by atoms with Crippen molar-refractivity contribution in [2.75, 3.05) is 6.54 Å². The fourth-order valence-corrected chi connectivity index (χ4v) is 4.62. The van der Waals surface area contributed by atoms with Crippen LogP contribution in [0.1, 0.15) is 24.4 Å². The average molecular weight is 346 g/mol. The van der Waals surface area contributed by atoms with E-state index in [0.717, 1.165) is 10.6 Å². The Hall–Kier alpha value is -0.800. The van der Waals surface area contributed by atoms with Crippen molar-refractivity contribution in [1.82, 2.24) is 15.0 Å². The summed E-state index contributed by atoms with van der Waals surface area (Å²) in [5.74, 6) is 0. The molecule has 0 atom stereocenters. The topological polar surface area (TPSA) is 71.1 Å². The van der Waals surface area contributed by atoms with Crippen molar-refractivity contribution >= 4 is 32.7 Å². The van der Waals surface area contributed by atoms with Crippen LogP contribution in [-0.4, -0.2) is 26.0 Å². The maximum atomic E-state index is 12.2. The molecule has 0 aliphatic heterocycles. The van der Waals surface area contributed by atoms with Crippen LogP contribution < -0.4 is 10.0 Å². The number of nitrogens with zero attached hydrogens (tertiary/aromatic N) is 1. The Morgan fingerprint density at radius 1 is 1.33 bits per heavy atom. The second-order valence-corrected chi connectivity index (χ2v) is 8.76. The molecule has 0 unspecified atom stereocenters. The minimum atomic E-state index is -3.41. The molecule has 0 aliphatic rings. The first-order valence-electron chi connectivity index (χ1n) is 6.66. The largest absolute Gasteiger partial charge is 0.310 e. The van der Waals surface area contributed by atoms with Crippen LogP contribution in [0.3, 0.4) is 0 Å². The van der Waals surface area contributed by atoms with Gasteiger partial charge < -0.3 is 5.32 Å². The predicted molar refractivity (Wildman–Crippen MR) is 87.3 cm³/mol. The highest BCUT2D eigenvalue weighted by molar-refractivity contribution is 7.91. The van der Waals surface area contributed by atoms with E-state index >= 15 is 0 Å². The second-order valence-electron chi connectivity index (χ2n) is 4.88. The van der Waals surface area contributed by atoms with E-state index in [1.165, 1.54) is 22.7 Å². The normalized spacial score (nSPS) is 12.1. The van der Waals surface area contributed by atoms with Crippen LogP contribution in [0.15, 0.2) is 27.2 Å². The molecule has 2 N–H and O–H groups in total. The summed E-state index contributed by atoms with van der Waals surface area (Å²) in [5.41, 5.74) is 2.66. The Balaban J connectivity index is 1.89. The lowest BCUT2D eigenvalue weighted by Gasteiger charge is -2.05. The van der Waals surface area contributed by atoms with E-state index in [1.807, 2.05) is 11.4 Å². The molecule has 0 fully saturated rings. The number of rotatable bonds is 8. The third-order valence-electron chi connectivity index (χ3n) is 2.74. The molecule has 0 amide bonds. The average Bonchev–Trinajstić information content (AvgIpc) is 3.07. The summed E-state index contributed by atoms with van der Waals surface area (Å²) in [7, 11) is -3.41. The summed E-state index contributed by atoms with van der Waals surface area (Å²) in [6.45, 7) is 5.18. The van der Waals surface area contributed by atoms with Gasteiger partial charge in [0.1, 0.15) is 4.21 Å². The fourth-order valence-electron chi connectivity index (χ4n) is 1.65. The maximum absolute atomic E-state index is 12.2. The van der Waals surface area contributed by atoms with Crippen LogP contribution in [0.4, 0.5) is 0 Å². The molecule has 2 aromatic rings. The van der Waals surface area contributed by atoms with Gasteiger partial charge in [0.2, 0.25) is 10.0 Å². The van der Waals surface area contributed by atoms with Gasteiger partial charge in [0.05, 0.1) is 11.2 Å². The van der Waals surface area contributed by atoms with Crippen LogP contribution >= 0.6 is 22.7 Å². The van der Waals surface area contributed by atoms with E-state index in [2.05, 4.69) is 28.9 Å². The van der Waals surface area contributed by atoms with Crippen molar-refractivity contribution in [2.45, 2.75) is 37.1 Å². The van der Waals surface area contributed by atoms with Crippen LogP contribution in [0.5, 0.6) is 0 Å². The number of sulfonamides is 1. The van der Waals surface area contributed by atoms with Crippen LogP contribution in [0.2, 0.25) is 0 Å². The first kappa shape index (κ1) is 16.6. The monoisotopic (exact) mass is 345 g/mol. The van der Waals surface area contributed by atoms with Gasteiger partial charge in [-0.1, -0.05) is 13.8 Å². The van der Waals surface area contributed by atoms with Gasteiger partial charge in [0, 0.05) is 35.8 Å². The summed E-state index contributed by atoms with van der Waals surface area (Å²) in [5, 5.41) is 5.20. The van der Waals surface area contributed by atoms with Gasteiger partial charge in [0.25, 0.3) is 0 Å². The number of nitrogens with one attached hydrogen (secondary N) is 2. The first-order chi connectivity index (χ1) is 9.97. The van der Waals surface area contributed by atoms with Crippen LogP contribution in [0, 0.1) is 0 Å². The Labute approximate surface area is 133 Å². The second kappa shape index (κ2) is 7.46. The van der Waals surface area contributed by atoms with Gasteiger partial charge in [0.15, 0.2) is 0 Å². The minimum absolute atomic E-state index is 0.362. The smallest absolute Gasteiger partial charge is 0.250 e. The number of hydrogen-bond acceptors (Lipinski definition) is 6. The first-order valence-corrected chi connectivity index (χ1v) is 9.90. The van der Waals surface area contributed by atoms with Gasteiger partial charge >= 0.3 is 0 Å². The third-order valence-corrected chi connectivity index (χ3v) is 6.42. The molecule has 2 aromatic heterocycles. The zero-order chi connectivity index (χ0) is 15.3. The quantitative estimate of drug-likeness (QED) is 0.770. The summed E-state index contributed by atoms with van der Waals surface area (Å²) in [4.78, 5) is 5.15. The lowest BCUT2D eigenvalue weighted by Crippen LogP contribution is -2.25. The molecule has 21 heavy (non-hydrogen) atoms. The van der Waals surface area contributed by atoms with E-state index < -0.39 is 10.0 Å². The molecule has 5 nitrogen and oxygen atoms in total. The van der Waals surface area contributed by atoms with Crippen molar-refractivity contribution in [1.29, 1.82) is 0 Å². The summed E-state index contributed by atoms with van der Waals surface area (Å²) in [6.07, 6.45) is 0.607. The van der Waals surface area contributed by atoms with Gasteiger partial charge in [-0.15, -0.1) is 22.7 Å². The van der Waals surface area contributed by atoms with Crippen molar-refractivity contribution in [3.8, 4) is 0 Å². The van der Waals surface area contributed by atoms with E-state index in [-0.39, 0.29) is 0 Å². The van der Waals surface area contributed by atoms with Crippen LogP contribution in [0.25, 0.3) is 0 Å². The van der Waals surface area contributed by atoms with Gasteiger partial charge in [-0.3, -0.25) is 0 Å². The molecule has 0 saturated carbocycles. The Morgan fingerprint density at radius 3 is 2.81 bits per heavy atom. The highest BCUT2D eigenvalue weighted by atomic mass is 32.2. The van der Waals surface area contributed by atoms with Gasteiger partial charge in [-0.2, -0.15) is 0 Å². The lowest BCUT2D eigenvalue weighted by molar-refractivity contribution is 0.583. The minimum Gasteiger partial charge on any atom is -0.310 e. The van der Waals surface area contributed by atoms with E-state index in [9.17, 15) is 8.42 Å². The van der Waals surface area contributed by atoms with Crippen LogP contribution in [-0.2, 0) is 23.0 Å². The van der Waals surface area contributed by atoms with Crippen molar-refractivity contribution in [2.24, 2.45) is 0 Å². The molecule has 8 heteroatoms. The predicted octanol–water partition coefficient (Wildman–Crippen LogP) is 2.22. The molecule has 0 bridgehead atoms. The number of thiophene rings is 1. The molecular weight excluding hydrogens is 326 g/mol. The molecular formula is C13H19N3O2S3. The van der Waals surface area contributed by atoms with E-state index in [0.29, 0.717) is 29.8 Å². The van der Waals surface area contributed by atoms with Gasteiger partial charge in [-0.25, -0.2) is 18.1 Å². The van der Waals surface area contributed by atoms with E-state index in [1.54, 1.807) is 11.6 Å². The standard InChI is InChI=1S/C13H19N3O2S3/c1-10(2)14-7-12-3-4-13(20-12)21(17,18)16-6-5-11-8-19-9-15-11/h3-4,8-10,14,16H,5-7H2,1-2H3. The highest BCUT2D eigenvalue weighted by Gasteiger charge is 2.16. The molecule has 0 radical (unpaired) electrons. The SMILES string of the molecule is CC(C)NCc1ccc(S(=O)(=O)NCCc2cscn2)s1. The highest BCUT2D eigenvalue weighted by Crippen LogP contribution is 2.21. The summed E-state index contributed by atoms with van der Waals surface area (Å²) < 4.78 is 27.3. The van der Waals surface area contributed by atoms with Crippen molar-refractivity contribution in [3.63, 3.8) is 0 Å². The Kier molecular flexibility index (Phi) is 5.88. The molecule has 0 aromatic carbocycles. The molecule has 2 rings (SSSR count). The Bertz CT molecular complexity index is 648. The number of hydrogen-bond donors (Lipinski definition) is 2. The van der Waals surface area contributed by atoms with Crippen molar-refractivity contribution < 1.29 is 8.42 Å². The van der Waals surface area contributed by atoms with Gasteiger partial charge in [-0.05, 0) is 12.1 Å². The number of thiazole rings is 1. The maximum Gasteiger partial charge on any atom is 0.250 e. The number of aromatic nitrogens is 1.